The minimum atomic E-state index is -0.247. The van der Waals surface area contributed by atoms with Crippen molar-refractivity contribution < 1.29 is 9.47 Å². The molecule has 5 saturated carbocycles. The lowest BCUT2D eigenvalue weighted by atomic mass is 9.49. The van der Waals surface area contributed by atoms with Crippen molar-refractivity contribution in [1.82, 2.24) is 0 Å². The summed E-state index contributed by atoms with van der Waals surface area (Å²) in [7, 11) is 3.78. The second-order valence-electron chi connectivity index (χ2n) is 8.33. The van der Waals surface area contributed by atoms with E-state index in [2.05, 4.69) is 24.3 Å². The normalized spacial score (nSPS) is 60.7. The Morgan fingerprint density at radius 2 is 1.19 bits per heavy atom. The van der Waals surface area contributed by atoms with Gasteiger partial charge >= 0.3 is 0 Å². The summed E-state index contributed by atoms with van der Waals surface area (Å²) in [6.07, 6.45) is 0. The van der Waals surface area contributed by atoms with E-state index < -0.39 is 0 Å². The average molecular weight is 280 g/mol. The van der Waals surface area contributed by atoms with Gasteiger partial charge in [-0.25, -0.2) is 0 Å². The van der Waals surface area contributed by atoms with Gasteiger partial charge in [0.1, 0.15) is 0 Å². The lowest BCUT2D eigenvalue weighted by molar-refractivity contribution is -0.240. The third-order valence-corrected chi connectivity index (χ3v) is 8.82. The van der Waals surface area contributed by atoms with Crippen LogP contribution in [0.2, 0.25) is 0 Å². The van der Waals surface area contributed by atoms with E-state index in [-0.39, 0.29) is 5.79 Å². The fourth-order valence-corrected chi connectivity index (χ4v) is 9.10. The molecule has 108 valence electrons. The van der Waals surface area contributed by atoms with Crippen LogP contribution in [0.5, 0.6) is 0 Å². The Morgan fingerprint density at radius 3 is 1.62 bits per heavy atom. The molecule has 4 bridgehead atoms. The fourth-order valence-electron chi connectivity index (χ4n) is 9.10. The van der Waals surface area contributed by atoms with E-state index in [0.717, 1.165) is 47.3 Å². The van der Waals surface area contributed by atoms with Gasteiger partial charge < -0.3 is 9.47 Å². The first kappa shape index (κ1) is 10.8. The molecule has 21 heavy (non-hydrogen) atoms. The van der Waals surface area contributed by atoms with Gasteiger partial charge in [0, 0.05) is 26.1 Å². The Labute approximate surface area is 124 Å². The standard InChI is InChI=1S/C19H20O2/c1-20-19(21-2)17-13-9-7-5-3-4-6-8(7)10-12-11(9)15(17)16(12)18(19)14(10)13/h3-6,9-18H,1-2H3/t9-,10+,11-,12+,13-,14+,15+,16-,17+,18-. The Bertz CT molecular complexity index is 638. The molecule has 1 aromatic rings. The summed E-state index contributed by atoms with van der Waals surface area (Å²) in [6.45, 7) is 0. The first-order chi connectivity index (χ1) is 10.3. The number of benzene rings is 1. The summed E-state index contributed by atoms with van der Waals surface area (Å²) in [5, 5.41) is 0. The van der Waals surface area contributed by atoms with Gasteiger partial charge in [-0.1, -0.05) is 24.3 Å². The quantitative estimate of drug-likeness (QED) is 0.776. The van der Waals surface area contributed by atoms with Crippen LogP contribution < -0.4 is 0 Å². The molecule has 2 nitrogen and oxygen atoms in total. The highest BCUT2D eigenvalue weighted by molar-refractivity contribution is 5.53. The van der Waals surface area contributed by atoms with E-state index in [1.54, 1.807) is 11.1 Å². The van der Waals surface area contributed by atoms with Crippen LogP contribution in [0.3, 0.4) is 0 Å². The largest absolute Gasteiger partial charge is 0.353 e. The topological polar surface area (TPSA) is 18.5 Å². The van der Waals surface area contributed by atoms with Crippen molar-refractivity contribution in [3.63, 3.8) is 0 Å². The lowest BCUT2D eigenvalue weighted by Crippen LogP contribution is -2.48. The van der Waals surface area contributed by atoms with Gasteiger partial charge in [0.2, 0.25) is 0 Å². The van der Waals surface area contributed by atoms with Crippen LogP contribution in [0, 0.1) is 47.3 Å². The average Bonchev–Trinajstić information content (AvgIpc) is 3.04. The first-order valence-electron chi connectivity index (χ1n) is 8.54. The lowest BCUT2D eigenvalue weighted by Gasteiger charge is -2.55. The molecule has 7 aliphatic rings. The van der Waals surface area contributed by atoms with Crippen LogP contribution in [0.15, 0.2) is 24.3 Å². The highest BCUT2D eigenvalue weighted by Crippen LogP contribution is 2.93. The number of hydrogen-bond acceptors (Lipinski definition) is 2. The second-order valence-corrected chi connectivity index (χ2v) is 8.33. The molecule has 0 aromatic heterocycles. The molecule has 5 fully saturated rings. The van der Waals surface area contributed by atoms with Crippen molar-refractivity contribution in [2.75, 3.05) is 14.2 Å². The summed E-state index contributed by atoms with van der Waals surface area (Å²) in [4.78, 5) is 0. The maximum Gasteiger partial charge on any atom is 0.174 e. The highest BCUT2D eigenvalue weighted by atomic mass is 16.7. The van der Waals surface area contributed by atoms with E-state index in [4.69, 9.17) is 9.47 Å². The summed E-state index contributed by atoms with van der Waals surface area (Å²) in [5.41, 5.74) is 3.39. The molecule has 0 radical (unpaired) electrons. The Hall–Kier alpha value is -0.860. The van der Waals surface area contributed by atoms with Crippen LogP contribution in [-0.4, -0.2) is 20.0 Å². The SMILES string of the molecule is COC1(OC)[C@@H]2[C@H]3[C@@H]4[C@H]5c6ccccc6[C@H]6[C@@H]4[C@H]3[C@H]1[C@@H]6[C@@H]52. The predicted molar refractivity (Wildman–Crippen MR) is 76.6 cm³/mol. The van der Waals surface area contributed by atoms with Crippen LogP contribution >= 0.6 is 0 Å². The van der Waals surface area contributed by atoms with Crippen LogP contribution in [-0.2, 0) is 9.47 Å². The molecule has 0 spiro atoms. The molecule has 8 rings (SSSR count). The van der Waals surface area contributed by atoms with Gasteiger partial charge in [0.15, 0.2) is 5.79 Å². The van der Waals surface area contributed by atoms with Gasteiger partial charge in [-0.15, -0.1) is 0 Å². The van der Waals surface area contributed by atoms with Crippen molar-refractivity contribution >= 4 is 0 Å². The Morgan fingerprint density at radius 1 is 0.714 bits per heavy atom. The molecule has 7 aliphatic carbocycles. The molecule has 1 aromatic carbocycles. The molecule has 2 heteroatoms. The minimum Gasteiger partial charge on any atom is -0.353 e. The van der Waals surface area contributed by atoms with E-state index in [1.165, 1.54) is 0 Å². The number of rotatable bonds is 2. The maximum absolute atomic E-state index is 6.11. The van der Waals surface area contributed by atoms with Crippen molar-refractivity contribution in [2.24, 2.45) is 47.3 Å². The van der Waals surface area contributed by atoms with Crippen LogP contribution in [0.25, 0.3) is 0 Å². The number of methoxy groups -OCH3 is 2. The van der Waals surface area contributed by atoms with Gasteiger partial charge in [-0.3, -0.25) is 0 Å². The third-order valence-electron chi connectivity index (χ3n) is 8.82. The predicted octanol–water partition coefficient (Wildman–Crippen LogP) is 2.85. The van der Waals surface area contributed by atoms with Gasteiger partial charge in [0.05, 0.1) is 0 Å². The van der Waals surface area contributed by atoms with E-state index in [9.17, 15) is 0 Å². The van der Waals surface area contributed by atoms with Crippen molar-refractivity contribution in [3.8, 4) is 0 Å². The summed E-state index contributed by atoms with van der Waals surface area (Å²) in [6, 6.07) is 9.34. The van der Waals surface area contributed by atoms with E-state index in [0.29, 0.717) is 11.8 Å². The summed E-state index contributed by atoms with van der Waals surface area (Å²) in [5.74, 6) is 8.18. The minimum absolute atomic E-state index is 0.247. The summed E-state index contributed by atoms with van der Waals surface area (Å²) >= 11 is 0. The van der Waals surface area contributed by atoms with E-state index in [1.807, 2.05) is 14.2 Å². The maximum atomic E-state index is 6.11. The molecule has 0 aliphatic heterocycles. The molecular formula is C19H20O2. The van der Waals surface area contributed by atoms with Crippen molar-refractivity contribution in [1.29, 1.82) is 0 Å². The first-order valence-corrected chi connectivity index (χ1v) is 8.54. The Kier molecular flexibility index (Phi) is 1.46. The van der Waals surface area contributed by atoms with Gasteiger partial charge in [0.25, 0.3) is 0 Å². The fraction of sp³-hybridized carbons (Fsp3) is 0.684. The zero-order chi connectivity index (χ0) is 13.7. The smallest absolute Gasteiger partial charge is 0.174 e. The molecular weight excluding hydrogens is 260 g/mol. The number of ether oxygens (including phenoxy) is 2. The molecule has 0 saturated heterocycles. The third kappa shape index (κ3) is 0.724. The monoisotopic (exact) mass is 280 g/mol. The molecule has 0 amide bonds. The molecule has 0 unspecified atom stereocenters. The zero-order valence-corrected chi connectivity index (χ0v) is 12.4. The molecule has 10 atom stereocenters. The highest BCUT2D eigenvalue weighted by Gasteiger charge is 2.92. The van der Waals surface area contributed by atoms with Crippen LogP contribution in [0.4, 0.5) is 0 Å². The summed E-state index contributed by atoms with van der Waals surface area (Å²) < 4.78 is 12.2. The molecule has 0 N–H and O–H groups in total. The van der Waals surface area contributed by atoms with E-state index >= 15 is 0 Å². The van der Waals surface area contributed by atoms with Gasteiger partial charge in [-0.2, -0.15) is 0 Å². The molecule has 0 heterocycles. The Balaban J connectivity index is 1.56. The second kappa shape index (κ2) is 2.83. The van der Waals surface area contributed by atoms with Crippen LogP contribution in [0.1, 0.15) is 23.0 Å². The van der Waals surface area contributed by atoms with Gasteiger partial charge in [-0.05, 0) is 58.5 Å². The zero-order valence-electron chi connectivity index (χ0n) is 12.4. The van der Waals surface area contributed by atoms with Crippen molar-refractivity contribution in [2.45, 2.75) is 17.6 Å². The number of hydrogen-bond donors (Lipinski definition) is 0. The van der Waals surface area contributed by atoms with Crippen molar-refractivity contribution in [3.05, 3.63) is 35.4 Å².